The van der Waals surface area contributed by atoms with Crippen LogP contribution in [-0.2, 0) is 20.7 Å². The molecule has 4 rings (SSSR count). The number of nitrogens with zero attached hydrogens (tertiary/aromatic N) is 2. The van der Waals surface area contributed by atoms with Crippen molar-refractivity contribution in [3.63, 3.8) is 0 Å². The molecule has 3 aromatic rings. The molecule has 0 saturated carbocycles. The van der Waals surface area contributed by atoms with E-state index in [-0.39, 0.29) is 25.0 Å². The number of amides is 2. The zero-order valence-electron chi connectivity index (χ0n) is 16.8. The summed E-state index contributed by atoms with van der Waals surface area (Å²) in [5.41, 5.74) is 2.68. The summed E-state index contributed by atoms with van der Waals surface area (Å²) in [6, 6.07) is 12.5. The van der Waals surface area contributed by atoms with Crippen molar-refractivity contribution in [3.8, 4) is 17.0 Å². The Balaban J connectivity index is 1.56. The first kappa shape index (κ1) is 21.3. The van der Waals surface area contributed by atoms with Crippen LogP contribution in [0.2, 0.25) is 5.02 Å². The number of halogens is 1. The zero-order valence-corrected chi connectivity index (χ0v) is 18.3. The van der Waals surface area contributed by atoms with E-state index in [9.17, 15) is 9.59 Å². The molecule has 160 valence electrons. The van der Waals surface area contributed by atoms with Crippen molar-refractivity contribution < 1.29 is 19.1 Å². The maximum atomic E-state index is 12.6. The average Bonchev–Trinajstić information content (AvgIpc) is 3.24. The second kappa shape index (κ2) is 9.47. The molecule has 7 nitrogen and oxygen atoms in total. The number of thiazole rings is 1. The van der Waals surface area contributed by atoms with Gasteiger partial charge in [0.2, 0.25) is 5.91 Å². The monoisotopic (exact) mass is 457 g/mol. The molecule has 1 aliphatic rings. The van der Waals surface area contributed by atoms with Gasteiger partial charge in [0, 0.05) is 24.5 Å². The first-order valence-corrected chi connectivity index (χ1v) is 10.9. The van der Waals surface area contributed by atoms with Gasteiger partial charge >= 0.3 is 0 Å². The second-order valence-electron chi connectivity index (χ2n) is 6.85. The molecule has 0 radical (unpaired) electrons. The molecule has 1 N–H and O–H groups in total. The Bertz CT molecular complexity index is 1120. The van der Waals surface area contributed by atoms with Crippen LogP contribution in [0.5, 0.6) is 5.75 Å². The Morgan fingerprint density at radius 2 is 2.16 bits per heavy atom. The quantitative estimate of drug-likeness (QED) is 0.579. The molecule has 0 saturated heterocycles. The first-order valence-electron chi connectivity index (χ1n) is 9.60. The maximum Gasteiger partial charge on any atom is 0.265 e. The van der Waals surface area contributed by atoms with Crippen LogP contribution in [-0.4, -0.2) is 43.7 Å². The fourth-order valence-corrected chi connectivity index (χ4v) is 4.15. The van der Waals surface area contributed by atoms with Crippen molar-refractivity contribution in [2.24, 2.45) is 0 Å². The molecule has 1 aromatic heterocycles. The van der Waals surface area contributed by atoms with Crippen molar-refractivity contribution in [2.45, 2.75) is 6.42 Å². The number of methoxy groups -OCH3 is 1. The lowest BCUT2D eigenvalue weighted by Gasteiger charge is -2.29. The number of carbonyl (C=O) groups is 2. The lowest BCUT2D eigenvalue weighted by Crippen LogP contribution is -2.43. The standard InChI is InChI=1S/C22H20ClN3O4S/c1-29-9-8-21-25-17(13-31-21)14-6-7-19-18(10-14)26(22(28)12-30-19)11-20(27)24-16-5-3-2-4-15(16)23/h2-7,10,13H,8-9,11-12H2,1H3,(H,24,27). The van der Waals surface area contributed by atoms with Gasteiger partial charge < -0.3 is 14.8 Å². The third-order valence-electron chi connectivity index (χ3n) is 4.72. The minimum Gasteiger partial charge on any atom is -0.482 e. The van der Waals surface area contributed by atoms with E-state index in [4.69, 9.17) is 21.1 Å². The fraction of sp³-hybridized carbons (Fsp3) is 0.227. The Hall–Kier alpha value is -2.94. The number of para-hydroxylation sites is 1. The number of hydrogen-bond donors (Lipinski definition) is 1. The van der Waals surface area contributed by atoms with E-state index < -0.39 is 0 Å². The highest BCUT2D eigenvalue weighted by Crippen LogP contribution is 2.36. The summed E-state index contributed by atoms with van der Waals surface area (Å²) in [7, 11) is 1.66. The SMILES string of the molecule is COCCc1nc(-c2ccc3c(c2)N(CC(=O)Nc2ccccc2Cl)C(=O)CO3)cs1. The van der Waals surface area contributed by atoms with Crippen LogP contribution in [0, 0.1) is 0 Å². The number of benzene rings is 2. The fourth-order valence-electron chi connectivity index (χ4n) is 3.18. The Labute approximate surface area is 188 Å². The summed E-state index contributed by atoms with van der Waals surface area (Å²) in [5, 5.41) is 6.12. The maximum absolute atomic E-state index is 12.6. The predicted molar refractivity (Wildman–Crippen MR) is 121 cm³/mol. The lowest BCUT2D eigenvalue weighted by molar-refractivity contribution is -0.123. The van der Waals surface area contributed by atoms with Crippen molar-refractivity contribution in [2.75, 3.05) is 37.1 Å². The molecule has 0 spiro atoms. The van der Waals surface area contributed by atoms with Gasteiger partial charge in [-0.25, -0.2) is 4.98 Å². The predicted octanol–water partition coefficient (Wildman–Crippen LogP) is 4.02. The summed E-state index contributed by atoms with van der Waals surface area (Å²) < 4.78 is 10.7. The summed E-state index contributed by atoms with van der Waals surface area (Å²) in [4.78, 5) is 31.2. The highest BCUT2D eigenvalue weighted by Gasteiger charge is 2.28. The molecule has 2 amide bonds. The molecule has 0 atom stereocenters. The summed E-state index contributed by atoms with van der Waals surface area (Å²) >= 11 is 7.67. The third kappa shape index (κ3) is 4.87. The third-order valence-corrected chi connectivity index (χ3v) is 5.96. The number of fused-ring (bicyclic) bond motifs is 1. The molecule has 1 aliphatic heterocycles. The van der Waals surface area contributed by atoms with Crippen LogP contribution >= 0.6 is 22.9 Å². The molecule has 0 bridgehead atoms. The van der Waals surface area contributed by atoms with Crippen LogP contribution in [0.25, 0.3) is 11.3 Å². The normalized spacial score (nSPS) is 13.0. The Morgan fingerprint density at radius 1 is 1.32 bits per heavy atom. The van der Waals surface area contributed by atoms with Gasteiger partial charge in [0.15, 0.2) is 6.61 Å². The second-order valence-corrected chi connectivity index (χ2v) is 8.20. The van der Waals surface area contributed by atoms with Crippen molar-refractivity contribution in [1.29, 1.82) is 0 Å². The van der Waals surface area contributed by atoms with Crippen LogP contribution < -0.4 is 15.0 Å². The van der Waals surface area contributed by atoms with Crippen LogP contribution in [0.1, 0.15) is 5.01 Å². The molecule has 0 fully saturated rings. The van der Waals surface area contributed by atoms with Gasteiger partial charge in [-0.15, -0.1) is 11.3 Å². The molecule has 2 aromatic carbocycles. The smallest absolute Gasteiger partial charge is 0.265 e. The number of rotatable bonds is 7. The topological polar surface area (TPSA) is 80.8 Å². The summed E-state index contributed by atoms with van der Waals surface area (Å²) in [5.74, 6) is -0.100. The molecule has 0 unspecified atom stereocenters. The summed E-state index contributed by atoms with van der Waals surface area (Å²) in [6.45, 7) is 0.331. The molecular weight excluding hydrogens is 438 g/mol. The van der Waals surface area contributed by atoms with Gasteiger partial charge in [0.25, 0.3) is 5.91 Å². The molecule has 0 aliphatic carbocycles. The van der Waals surface area contributed by atoms with Gasteiger partial charge in [0.1, 0.15) is 12.3 Å². The van der Waals surface area contributed by atoms with E-state index in [2.05, 4.69) is 10.3 Å². The molecule has 2 heterocycles. The average molecular weight is 458 g/mol. The van der Waals surface area contributed by atoms with Gasteiger partial charge in [-0.05, 0) is 30.3 Å². The number of hydrogen-bond acceptors (Lipinski definition) is 6. The van der Waals surface area contributed by atoms with E-state index in [0.29, 0.717) is 28.8 Å². The van der Waals surface area contributed by atoms with Gasteiger partial charge in [0.05, 0.1) is 33.7 Å². The van der Waals surface area contributed by atoms with Crippen molar-refractivity contribution >= 4 is 46.1 Å². The van der Waals surface area contributed by atoms with Gasteiger partial charge in [-0.2, -0.15) is 0 Å². The summed E-state index contributed by atoms with van der Waals surface area (Å²) in [6.07, 6.45) is 0.738. The highest BCUT2D eigenvalue weighted by atomic mass is 35.5. The van der Waals surface area contributed by atoms with E-state index in [1.165, 1.54) is 4.90 Å². The van der Waals surface area contributed by atoms with Gasteiger partial charge in [-0.3, -0.25) is 14.5 Å². The molecular formula is C22H20ClN3O4S. The highest BCUT2D eigenvalue weighted by molar-refractivity contribution is 7.09. The van der Waals surface area contributed by atoms with E-state index in [1.807, 2.05) is 17.5 Å². The van der Waals surface area contributed by atoms with E-state index >= 15 is 0 Å². The Morgan fingerprint density at radius 3 is 2.97 bits per heavy atom. The first-order chi connectivity index (χ1) is 15.0. The largest absolute Gasteiger partial charge is 0.482 e. The van der Waals surface area contributed by atoms with Crippen LogP contribution in [0.4, 0.5) is 11.4 Å². The molecule has 9 heteroatoms. The van der Waals surface area contributed by atoms with Gasteiger partial charge in [-0.1, -0.05) is 23.7 Å². The number of aromatic nitrogens is 1. The number of carbonyl (C=O) groups excluding carboxylic acids is 2. The number of anilines is 2. The molecule has 31 heavy (non-hydrogen) atoms. The van der Waals surface area contributed by atoms with E-state index in [0.717, 1.165) is 22.7 Å². The van der Waals surface area contributed by atoms with Crippen molar-refractivity contribution in [3.05, 3.63) is 57.9 Å². The Kier molecular flexibility index (Phi) is 6.50. The number of ether oxygens (including phenoxy) is 2. The van der Waals surface area contributed by atoms with Crippen LogP contribution in [0.3, 0.4) is 0 Å². The lowest BCUT2D eigenvalue weighted by atomic mass is 10.1. The van der Waals surface area contributed by atoms with Crippen LogP contribution in [0.15, 0.2) is 47.8 Å². The number of nitrogens with one attached hydrogen (secondary N) is 1. The minimum atomic E-state index is -0.352. The van der Waals surface area contributed by atoms with E-state index in [1.54, 1.807) is 48.8 Å². The minimum absolute atomic E-state index is 0.121. The van der Waals surface area contributed by atoms with Crippen molar-refractivity contribution in [1.82, 2.24) is 4.98 Å². The zero-order chi connectivity index (χ0) is 21.8.